The molecule has 0 aromatic heterocycles. The van der Waals surface area contributed by atoms with Gasteiger partial charge < -0.3 is 4.74 Å². The van der Waals surface area contributed by atoms with E-state index >= 15 is 0 Å². The Labute approximate surface area is 213 Å². The van der Waals surface area contributed by atoms with Gasteiger partial charge in [-0.1, -0.05) is 115 Å². The van der Waals surface area contributed by atoms with Crippen LogP contribution in [0.25, 0.3) is 0 Å². The van der Waals surface area contributed by atoms with E-state index in [1.165, 1.54) is 27.0 Å². The van der Waals surface area contributed by atoms with Crippen LogP contribution in [0.2, 0.25) is 0 Å². The van der Waals surface area contributed by atoms with Crippen molar-refractivity contribution < 1.29 is 4.74 Å². The monoisotopic (exact) mass is 524 g/mol. The standard InChI is InChI=1S/C31H25OP.BrH/c1-4-12-27(13-5-1)32-28-21-19-25(20-22-28)23-26-11-10-18-31(24-26)33(29-14-6-2-7-15-29)30-16-8-3-9-17-30;/h1-22,24H,23H2;1H. The van der Waals surface area contributed by atoms with Gasteiger partial charge in [0.1, 0.15) is 11.5 Å². The number of hydrogen-bond acceptors (Lipinski definition) is 1. The first-order valence-electron chi connectivity index (χ1n) is 11.2. The summed E-state index contributed by atoms with van der Waals surface area (Å²) in [6.07, 6.45) is 0.895. The molecule has 0 amide bonds. The van der Waals surface area contributed by atoms with Crippen LogP contribution >= 0.6 is 24.9 Å². The summed E-state index contributed by atoms with van der Waals surface area (Å²) in [6, 6.07) is 49.1. The van der Waals surface area contributed by atoms with Crippen LogP contribution in [0.4, 0.5) is 0 Å². The van der Waals surface area contributed by atoms with E-state index in [-0.39, 0.29) is 17.0 Å². The van der Waals surface area contributed by atoms with Crippen LogP contribution in [0.3, 0.4) is 0 Å². The molecule has 0 spiro atoms. The van der Waals surface area contributed by atoms with Crippen molar-refractivity contribution in [3.8, 4) is 11.5 Å². The maximum Gasteiger partial charge on any atom is 0.127 e. The van der Waals surface area contributed by atoms with Gasteiger partial charge in [-0.15, -0.1) is 17.0 Å². The molecule has 5 aromatic rings. The number of ether oxygens (including phenoxy) is 1. The molecule has 0 atom stereocenters. The molecule has 0 N–H and O–H groups in total. The van der Waals surface area contributed by atoms with Gasteiger partial charge >= 0.3 is 0 Å². The minimum absolute atomic E-state index is 0. The number of halogens is 1. The van der Waals surface area contributed by atoms with Crippen molar-refractivity contribution in [3.05, 3.63) is 151 Å². The van der Waals surface area contributed by atoms with E-state index < -0.39 is 7.92 Å². The molecule has 3 heteroatoms. The van der Waals surface area contributed by atoms with Crippen LogP contribution in [0.1, 0.15) is 11.1 Å². The summed E-state index contributed by atoms with van der Waals surface area (Å²) in [6.45, 7) is 0. The largest absolute Gasteiger partial charge is 0.457 e. The van der Waals surface area contributed by atoms with E-state index in [4.69, 9.17) is 4.74 Å². The third-order valence-corrected chi connectivity index (χ3v) is 7.93. The predicted octanol–water partition coefficient (Wildman–Crippen LogP) is 7.41. The first-order valence-corrected chi connectivity index (χ1v) is 12.5. The summed E-state index contributed by atoms with van der Waals surface area (Å²) in [5.74, 6) is 1.71. The molecule has 5 rings (SSSR count). The lowest BCUT2D eigenvalue weighted by Crippen LogP contribution is -2.20. The molecule has 5 aromatic carbocycles. The van der Waals surface area contributed by atoms with Crippen molar-refractivity contribution in [1.29, 1.82) is 0 Å². The quantitative estimate of drug-likeness (QED) is 0.201. The van der Waals surface area contributed by atoms with Crippen LogP contribution in [0.5, 0.6) is 11.5 Å². The normalized spacial score (nSPS) is 10.5. The van der Waals surface area contributed by atoms with Crippen molar-refractivity contribution in [3.63, 3.8) is 0 Å². The molecule has 0 fully saturated rings. The highest BCUT2D eigenvalue weighted by Gasteiger charge is 2.16. The highest BCUT2D eigenvalue weighted by molar-refractivity contribution is 8.93. The smallest absolute Gasteiger partial charge is 0.127 e. The zero-order valence-electron chi connectivity index (χ0n) is 18.7. The highest BCUT2D eigenvalue weighted by Crippen LogP contribution is 2.33. The van der Waals surface area contributed by atoms with E-state index in [1.807, 2.05) is 42.5 Å². The number of benzene rings is 5. The van der Waals surface area contributed by atoms with E-state index in [9.17, 15) is 0 Å². The van der Waals surface area contributed by atoms with E-state index in [0.717, 1.165) is 17.9 Å². The van der Waals surface area contributed by atoms with Gasteiger partial charge in [-0.05, 0) is 65.6 Å². The third kappa shape index (κ3) is 6.03. The SMILES string of the molecule is Br.c1ccc(Oc2ccc(Cc3cccc(P(c4ccccc4)c4ccccc4)c3)cc2)cc1. The number of rotatable bonds is 7. The molecule has 168 valence electrons. The molecular weight excluding hydrogens is 499 g/mol. The Morgan fingerprint density at radius 3 is 1.53 bits per heavy atom. The average Bonchev–Trinajstić information content (AvgIpc) is 2.88. The molecule has 0 aliphatic rings. The summed E-state index contributed by atoms with van der Waals surface area (Å²) >= 11 is 0. The van der Waals surface area contributed by atoms with Gasteiger partial charge in [-0.2, -0.15) is 0 Å². The van der Waals surface area contributed by atoms with Crippen molar-refractivity contribution in [2.75, 3.05) is 0 Å². The van der Waals surface area contributed by atoms with E-state index in [1.54, 1.807) is 0 Å². The van der Waals surface area contributed by atoms with Gasteiger partial charge in [0.2, 0.25) is 0 Å². The summed E-state index contributed by atoms with van der Waals surface area (Å²) < 4.78 is 5.93. The van der Waals surface area contributed by atoms with E-state index in [2.05, 4.69) is 97.1 Å². The van der Waals surface area contributed by atoms with Gasteiger partial charge in [0.05, 0.1) is 0 Å². The number of para-hydroxylation sites is 1. The van der Waals surface area contributed by atoms with Crippen molar-refractivity contribution in [1.82, 2.24) is 0 Å². The third-order valence-electron chi connectivity index (χ3n) is 5.51. The van der Waals surface area contributed by atoms with Gasteiger partial charge in [0.25, 0.3) is 0 Å². The fraction of sp³-hybridized carbons (Fsp3) is 0.0323. The van der Waals surface area contributed by atoms with E-state index in [0.29, 0.717) is 0 Å². The van der Waals surface area contributed by atoms with Crippen LogP contribution in [-0.4, -0.2) is 0 Å². The van der Waals surface area contributed by atoms with Crippen molar-refractivity contribution >= 4 is 40.8 Å². The molecule has 0 unspecified atom stereocenters. The Morgan fingerprint density at radius 2 is 0.941 bits per heavy atom. The lowest BCUT2D eigenvalue weighted by atomic mass is 10.1. The molecule has 0 saturated heterocycles. The van der Waals surface area contributed by atoms with Gasteiger partial charge in [-0.3, -0.25) is 0 Å². The maximum atomic E-state index is 5.93. The minimum atomic E-state index is -0.590. The molecule has 0 bridgehead atoms. The van der Waals surface area contributed by atoms with Crippen LogP contribution in [-0.2, 0) is 6.42 Å². The lowest BCUT2D eigenvalue weighted by Gasteiger charge is -2.20. The second-order valence-electron chi connectivity index (χ2n) is 7.91. The molecule has 0 aliphatic carbocycles. The summed E-state index contributed by atoms with van der Waals surface area (Å²) in [5, 5.41) is 4.13. The van der Waals surface area contributed by atoms with Crippen molar-refractivity contribution in [2.45, 2.75) is 6.42 Å². The summed E-state index contributed by atoms with van der Waals surface area (Å²) in [4.78, 5) is 0. The minimum Gasteiger partial charge on any atom is -0.457 e. The Bertz CT molecular complexity index is 1250. The summed E-state index contributed by atoms with van der Waals surface area (Å²) in [5.41, 5.74) is 2.60. The number of hydrogen-bond donors (Lipinski definition) is 0. The summed E-state index contributed by atoms with van der Waals surface area (Å²) in [7, 11) is -0.590. The van der Waals surface area contributed by atoms with Crippen LogP contribution in [0, 0.1) is 0 Å². The Morgan fingerprint density at radius 1 is 0.441 bits per heavy atom. The van der Waals surface area contributed by atoms with Crippen LogP contribution < -0.4 is 20.7 Å². The second-order valence-corrected chi connectivity index (χ2v) is 10.1. The molecule has 0 saturated carbocycles. The predicted molar refractivity (Wildman–Crippen MR) is 151 cm³/mol. The topological polar surface area (TPSA) is 9.23 Å². The molecule has 0 aliphatic heterocycles. The highest BCUT2D eigenvalue weighted by atomic mass is 79.9. The molecule has 0 heterocycles. The van der Waals surface area contributed by atoms with Crippen molar-refractivity contribution in [2.24, 2.45) is 0 Å². The molecular formula is C31H26BrOP. The van der Waals surface area contributed by atoms with Gasteiger partial charge in [-0.25, -0.2) is 0 Å². The van der Waals surface area contributed by atoms with Gasteiger partial charge in [0, 0.05) is 0 Å². The van der Waals surface area contributed by atoms with Gasteiger partial charge in [0.15, 0.2) is 0 Å². The zero-order valence-corrected chi connectivity index (χ0v) is 21.4. The fourth-order valence-electron chi connectivity index (χ4n) is 3.94. The molecule has 1 nitrogen and oxygen atoms in total. The zero-order chi connectivity index (χ0) is 22.3. The molecule has 34 heavy (non-hydrogen) atoms. The van der Waals surface area contributed by atoms with Crippen LogP contribution in [0.15, 0.2) is 140 Å². The first kappa shape index (κ1) is 24.0. The maximum absolute atomic E-state index is 5.93. The Balaban J connectivity index is 0.00000274. The molecule has 0 radical (unpaired) electrons. The fourth-order valence-corrected chi connectivity index (χ4v) is 6.31. The second kappa shape index (κ2) is 11.8. The average molecular weight is 525 g/mol. The lowest BCUT2D eigenvalue weighted by molar-refractivity contribution is 0.482. The first-order chi connectivity index (χ1) is 16.3. The Kier molecular flexibility index (Phi) is 8.31. The Hall–Kier alpha value is -3.19.